The Morgan fingerprint density at radius 3 is 3.16 bits per heavy atom. The van der Waals surface area contributed by atoms with Crippen LogP contribution in [0, 0.1) is 5.92 Å². The number of aliphatic hydroxyl groups is 1. The molecule has 0 aliphatic carbocycles. The number of aliphatic hydroxyl groups excluding tert-OH is 1. The molecule has 2 aromatic heterocycles. The van der Waals surface area contributed by atoms with Crippen molar-refractivity contribution in [1.29, 1.82) is 0 Å². The first kappa shape index (κ1) is 13.6. The lowest BCUT2D eigenvalue weighted by Gasteiger charge is -2.08. The second kappa shape index (κ2) is 6.39. The Morgan fingerprint density at radius 1 is 1.63 bits per heavy atom. The fraction of sp³-hybridized carbons (Fsp3) is 0.455. The Labute approximate surface area is 114 Å². The van der Waals surface area contributed by atoms with Crippen molar-refractivity contribution in [2.45, 2.75) is 13.5 Å². The van der Waals surface area contributed by atoms with E-state index in [1.54, 1.807) is 0 Å². The summed E-state index contributed by atoms with van der Waals surface area (Å²) in [6.45, 7) is 2.35. The third-order valence-electron chi connectivity index (χ3n) is 2.44. The van der Waals surface area contributed by atoms with Crippen molar-refractivity contribution >= 4 is 17.2 Å². The van der Waals surface area contributed by atoms with Gasteiger partial charge in [-0.15, -0.1) is 21.5 Å². The number of aromatic nitrogens is 4. The van der Waals surface area contributed by atoms with Gasteiger partial charge >= 0.3 is 0 Å². The van der Waals surface area contributed by atoms with Crippen LogP contribution >= 0.6 is 11.3 Å². The summed E-state index contributed by atoms with van der Waals surface area (Å²) in [6.07, 6.45) is 0. The minimum atomic E-state index is -0.199. The molecule has 7 nitrogen and oxygen atoms in total. The standard InChI is InChI=1S/C11H15N5O2S/c1-8(7-17)5-12-10(18)6-16-14-11(13-15-16)9-3-2-4-19-9/h2-4,8,17H,5-7H2,1H3,(H,12,18). The second-order valence-electron chi connectivity index (χ2n) is 4.21. The van der Waals surface area contributed by atoms with Crippen molar-refractivity contribution in [3.63, 3.8) is 0 Å². The summed E-state index contributed by atoms with van der Waals surface area (Å²) >= 11 is 1.52. The highest BCUT2D eigenvalue weighted by Gasteiger charge is 2.10. The van der Waals surface area contributed by atoms with Crippen molar-refractivity contribution in [1.82, 2.24) is 25.5 Å². The normalized spacial score (nSPS) is 12.3. The van der Waals surface area contributed by atoms with E-state index in [9.17, 15) is 4.79 Å². The maximum atomic E-state index is 11.6. The van der Waals surface area contributed by atoms with Crippen LogP contribution in [0.4, 0.5) is 0 Å². The highest BCUT2D eigenvalue weighted by atomic mass is 32.1. The van der Waals surface area contributed by atoms with Gasteiger partial charge in [0.15, 0.2) is 0 Å². The predicted molar refractivity (Wildman–Crippen MR) is 70.4 cm³/mol. The van der Waals surface area contributed by atoms with E-state index in [0.717, 1.165) is 4.88 Å². The van der Waals surface area contributed by atoms with Gasteiger partial charge in [-0.2, -0.15) is 4.80 Å². The highest BCUT2D eigenvalue weighted by Crippen LogP contribution is 2.19. The lowest BCUT2D eigenvalue weighted by molar-refractivity contribution is -0.122. The van der Waals surface area contributed by atoms with Gasteiger partial charge in [0.1, 0.15) is 6.54 Å². The van der Waals surface area contributed by atoms with Gasteiger partial charge < -0.3 is 10.4 Å². The van der Waals surface area contributed by atoms with Crippen LogP contribution in [-0.4, -0.2) is 44.4 Å². The molecule has 0 saturated heterocycles. The average Bonchev–Trinajstić information content (AvgIpc) is 3.06. The number of tetrazole rings is 1. The molecule has 0 saturated carbocycles. The maximum absolute atomic E-state index is 11.6. The molecule has 2 N–H and O–H groups in total. The molecule has 19 heavy (non-hydrogen) atoms. The number of nitrogens with zero attached hydrogens (tertiary/aromatic N) is 4. The molecule has 0 aliphatic heterocycles. The number of hydrogen-bond donors (Lipinski definition) is 2. The quantitative estimate of drug-likeness (QED) is 0.786. The van der Waals surface area contributed by atoms with E-state index in [0.29, 0.717) is 12.4 Å². The molecule has 1 atom stereocenters. The minimum Gasteiger partial charge on any atom is -0.396 e. The largest absolute Gasteiger partial charge is 0.396 e. The van der Waals surface area contributed by atoms with E-state index in [-0.39, 0.29) is 25.0 Å². The van der Waals surface area contributed by atoms with E-state index in [1.165, 1.54) is 16.1 Å². The molecule has 0 spiro atoms. The Bertz CT molecular complexity index is 525. The van der Waals surface area contributed by atoms with E-state index < -0.39 is 0 Å². The lowest BCUT2D eigenvalue weighted by Crippen LogP contribution is -2.32. The molecule has 102 valence electrons. The molecule has 8 heteroatoms. The monoisotopic (exact) mass is 281 g/mol. The Morgan fingerprint density at radius 2 is 2.47 bits per heavy atom. The number of rotatable bonds is 6. The molecule has 0 aliphatic rings. The van der Waals surface area contributed by atoms with Crippen LogP contribution in [-0.2, 0) is 11.3 Å². The van der Waals surface area contributed by atoms with Gasteiger partial charge in [0.25, 0.3) is 0 Å². The predicted octanol–water partition coefficient (Wildman–Crippen LogP) is 0.146. The second-order valence-corrected chi connectivity index (χ2v) is 5.16. The van der Waals surface area contributed by atoms with Gasteiger partial charge in [-0.05, 0) is 22.6 Å². The van der Waals surface area contributed by atoms with Crippen molar-refractivity contribution < 1.29 is 9.90 Å². The molecular weight excluding hydrogens is 266 g/mol. The SMILES string of the molecule is CC(CO)CNC(=O)Cn1nnc(-c2cccs2)n1. The summed E-state index contributed by atoms with van der Waals surface area (Å²) in [7, 11) is 0. The number of hydrogen-bond acceptors (Lipinski definition) is 6. The van der Waals surface area contributed by atoms with Crippen LogP contribution in [0.1, 0.15) is 6.92 Å². The van der Waals surface area contributed by atoms with Crippen LogP contribution < -0.4 is 5.32 Å². The van der Waals surface area contributed by atoms with Crippen molar-refractivity contribution in [2.75, 3.05) is 13.2 Å². The van der Waals surface area contributed by atoms with Crippen LogP contribution in [0.25, 0.3) is 10.7 Å². The van der Waals surface area contributed by atoms with Crippen LogP contribution in [0.15, 0.2) is 17.5 Å². The molecule has 2 rings (SSSR count). The van der Waals surface area contributed by atoms with Crippen molar-refractivity contribution in [3.8, 4) is 10.7 Å². The first-order chi connectivity index (χ1) is 9.19. The molecule has 1 unspecified atom stereocenters. The number of amides is 1. The minimum absolute atomic E-state index is 0.0243. The first-order valence-corrected chi connectivity index (χ1v) is 6.76. The fourth-order valence-corrected chi connectivity index (χ4v) is 2.00. The molecule has 1 amide bonds. The first-order valence-electron chi connectivity index (χ1n) is 5.88. The van der Waals surface area contributed by atoms with E-state index in [2.05, 4.69) is 20.7 Å². The van der Waals surface area contributed by atoms with Gasteiger partial charge in [0.2, 0.25) is 11.7 Å². The van der Waals surface area contributed by atoms with Gasteiger partial charge in [0.05, 0.1) is 4.88 Å². The third-order valence-corrected chi connectivity index (χ3v) is 3.30. The zero-order valence-corrected chi connectivity index (χ0v) is 11.3. The summed E-state index contributed by atoms with van der Waals surface area (Å²) in [5.41, 5.74) is 0. The maximum Gasteiger partial charge on any atom is 0.243 e. The van der Waals surface area contributed by atoms with Gasteiger partial charge in [-0.25, -0.2) is 0 Å². The number of nitrogens with one attached hydrogen (secondary N) is 1. The van der Waals surface area contributed by atoms with E-state index >= 15 is 0 Å². The molecule has 0 radical (unpaired) electrons. The van der Waals surface area contributed by atoms with Gasteiger partial charge in [0, 0.05) is 13.2 Å². The number of thiophene rings is 1. The van der Waals surface area contributed by atoms with Crippen molar-refractivity contribution in [3.05, 3.63) is 17.5 Å². The Kier molecular flexibility index (Phi) is 4.58. The Hall–Kier alpha value is -1.80. The molecule has 0 bridgehead atoms. The highest BCUT2D eigenvalue weighted by molar-refractivity contribution is 7.13. The van der Waals surface area contributed by atoms with Gasteiger partial charge in [-0.3, -0.25) is 4.79 Å². The zero-order valence-electron chi connectivity index (χ0n) is 10.5. The molecule has 2 heterocycles. The number of carbonyl (C=O) groups excluding carboxylic acids is 1. The van der Waals surface area contributed by atoms with E-state index in [1.807, 2.05) is 24.4 Å². The average molecular weight is 281 g/mol. The summed E-state index contributed by atoms with van der Waals surface area (Å²) in [5.74, 6) is 0.358. The zero-order chi connectivity index (χ0) is 13.7. The topological polar surface area (TPSA) is 92.9 Å². The molecular formula is C11H15N5O2S. The van der Waals surface area contributed by atoms with Crippen LogP contribution in [0.2, 0.25) is 0 Å². The third kappa shape index (κ3) is 3.83. The molecule has 2 aromatic rings. The summed E-state index contributed by atoms with van der Waals surface area (Å²) in [5, 5.41) is 25.3. The van der Waals surface area contributed by atoms with E-state index in [4.69, 9.17) is 5.11 Å². The van der Waals surface area contributed by atoms with Gasteiger partial charge in [-0.1, -0.05) is 13.0 Å². The lowest BCUT2D eigenvalue weighted by atomic mass is 10.2. The number of carbonyl (C=O) groups is 1. The fourth-order valence-electron chi connectivity index (χ4n) is 1.35. The summed E-state index contributed by atoms with van der Waals surface area (Å²) in [6, 6.07) is 3.80. The summed E-state index contributed by atoms with van der Waals surface area (Å²) < 4.78 is 0. The summed E-state index contributed by atoms with van der Waals surface area (Å²) in [4.78, 5) is 13.8. The molecule has 0 aromatic carbocycles. The van der Waals surface area contributed by atoms with Crippen molar-refractivity contribution in [2.24, 2.45) is 5.92 Å². The molecule has 0 fully saturated rings. The van der Waals surface area contributed by atoms with Crippen LogP contribution in [0.5, 0.6) is 0 Å². The van der Waals surface area contributed by atoms with Crippen LogP contribution in [0.3, 0.4) is 0 Å². The Balaban J connectivity index is 1.88. The smallest absolute Gasteiger partial charge is 0.243 e.